The number of sulfonamides is 1. The normalized spacial score (nSPS) is 10.9. The van der Waals surface area contributed by atoms with Crippen molar-refractivity contribution >= 4 is 50.5 Å². The van der Waals surface area contributed by atoms with Crippen molar-refractivity contribution in [2.75, 3.05) is 11.8 Å². The summed E-state index contributed by atoms with van der Waals surface area (Å²) in [6.07, 6.45) is 0. The van der Waals surface area contributed by atoms with Crippen LogP contribution < -0.4 is 20.3 Å². The Bertz CT molecular complexity index is 1180. The number of amides is 2. The summed E-state index contributed by atoms with van der Waals surface area (Å²) in [6, 6.07) is 13.6. The molecule has 0 saturated heterocycles. The maximum atomic E-state index is 12.6. The fourth-order valence-electron chi connectivity index (χ4n) is 2.49. The topological polar surface area (TPSA) is 114 Å². The number of nitrogens with one attached hydrogen (secondary N) is 3. The SMILES string of the molecule is COc1ccc(Cl)cc1C(=O)NNC(=O)c1ccccc1NS(=O)(=O)c1cccs1. The van der Waals surface area contributed by atoms with Crippen LogP contribution in [0.25, 0.3) is 0 Å². The number of benzene rings is 2. The molecule has 0 fully saturated rings. The molecule has 11 heteroatoms. The molecule has 30 heavy (non-hydrogen) atoms. The van der Waals surface area contributed by atoms with E-state index in [1.807, 2.05) is 0 Å². The zero-order valence-electron chi connectivity index (χ0n) is 15.5. The van der Waals surface area contributed by atoms with Crippen LogP contribution in [0.4, 0.5) is 5.69 Å². The molecule has 0 atom stereocenters. The number of carbonyl (C=O) groups excluding carboxylic acids is 2. The van der Waals surface area contributed by atoms with Gasteiger partial charge in [-0.3, -0.25) is 25.2 Å². The van der Waals surface area contributed by atoms with Gasteiger partial charge in [0.05, 0.1) is 23.9 Å². The molecule has 0 radical (unpaired) electrons. The third-order valence-electron chi connectivity index (χ3n) is 3.87. The number of halogens is 1. The highest BCUT2D eigenvalue weighted by Crippen LogP contribution is 2.24. The van der Waals surface area contributed by atoms with Crippen molar-refractivity contribution in [3.63, 3.8) is 0 Å². The highest BCUT2D eigenvalue weighted by atomic mass is 35.5. The Morgan fingerprint density at radius 3 is 2.33 bits per heavy atom. The number of anilines is 1. The Morgan fingerprint density at radius 2 is 1.67 bits per heavy atom. The van der Waals surface area contributed by atoms with E-state index < -0.39 is 21.8 Å². The molecule has 3 N–H and O–H groups in total. The van der Waals surface area contributed by atoms with Crippen LogP contribution in [0, 0.1) is 0 Å². The van der Waals surface area contributed by atoms with E-state index in [-0.39, 0.29) is 26.8 Å². The average Bonchev–Trinajstić information content (AvgIpc) is 3.28. The summed E-state index contributed by atoms with van der Waals surface area (Å²) in [5, 5.41) is 1.95. The molecule has 8 nitrogen and oxygen atoms in total. The van der Waals surface area contributed by atoms with Gasteiger partial charge >= 0.3 is 0 Å². The molecule has 0 saturated carbocycles. The van der Waals surface area contributed by atoms with E-state index in [9.17, 15) is 18.0 Å². The van der Waals surface area contributed by atoms with E-state index in [1.165, 1.54) is 37.4 Å². The minimum absolute atomic E-state index is 0.0241. The summed E-state index contributed by atoms with van der Waals surface area (Å²) in [5.74, 6) is -1.09. The first kappa shape index (κ1) is 21.6. The van der Waals surface area contributed by atoms with Gasteiger partial charge in [-0.2, -0.15) is 0 Å². The molecular formula is C19H16ClN3O5S2. The van der Waals surface area contributed by atoms with Crippen molar-refractivity contribution in [3.05, 3.63) is 76.1 Å². The van der Waals surface area contributed by atoms with Crippen LogP contribution in [0.15, 0.2) is 64.2 Å². The zero-order chi connectivity index (χ0) is 21.7. The van der Waals surface area contributed by atoms with Crippen molar-refractivity contribution in [3.8, 4) is 5.75 Å². The van der Waals surface area contributed by atoms with E-state index >= 15 is 0 Å². The predicted molar refractivity (Wildman–Crippen MR) is 115 cm³/mol. The largest absolute Gasteiger partial charge is 0.496 e. The summed E-state index contributed by atoms with van der Waals surface area (Å²) < 4.78 is 32.5. The second-order valence-electron chi connectivity index (χ2n) is 5.84. The van der Waals surface area contributed by atoms with Crippen LogP contribution in [0.3, 0.4) is 0 Å². The van der Waals surface area contributed by atoms with Crippen LogP contribution in [0.5, 0.6) is 5.75 Å². The van der Waals surface area contributed by atoms with Crippen LogP contribution in [-0.4, -0.2) is 27.3 Å². The fraction of sp³-hybridized carbons (Fsp3) is 0.0526. The monoisotopic (exact) mass is 465 g/mol. The smallest absolute Gasteiger partial charge is 0.273 e. The van der Waals surface area contributed by atoms with Crippen LogP contribution >= 0.6 is 22.9 Å². The minimum Gasteiger partial charge on any atom is -0.496 e. The predicted octanol–water partition coefficient (Wildman–Crippen LogP) is 3.29. The Hall–Kier alpha value is -3.08. The zero-order valence-corrected chi connectivity index (χ0v) is 17.9. The molecule has 0 unspecified atom stereocenters. The van der Waals surface area contributed by atoms with Gasteiger partial charge in [-0.25, -0.2) is 8.42 Å². The van der Waals surface area contributed by atoms with E-state index in [0.29, 0.717) is 5.02 Å². The van der Waals surface area contributed by atoms with Gasteiger partial charge in [0.25, 0.3) is 21.8 Å². The lowest BCUT2D eigenvalue weighted by Crippen LogP contribution is -2.42. The number of ether oxygens (including phenoxy) is 1. The van der Waals surface area contributed by atoms with Crippen molar-refractivity contribution in [2.45, 2.75) is 4.21 Å². The molecule has 2 amide bonds. The second-order valence-corrected chi connectivity index (χ2v) is 9.13. The van der Waals surface area contributed by atoms with E-state index in [2.05, 4.69) is 15.6 Å². The molecule has 0 aliphatic rings. The summed E-state index contributed by atoms with van der Waals surface area (Å²) in [7, 11) is -2.45. The fourth-order valence-corrected chi connectivity index (χ4v) is 4.73. The van der Waals surface area contributed by atoms with Gasteiger partial charge < -0.3 is 4.74 Å². The highest BCUT2D eigenvalue weighted by molar-refractivity contribution is 7.94. The van der Waals surface area contributed by atoms with Gasteiger partial charge in [0.2, 0.25) is 0 Å². The maximum absolute atomic E-state index is 12.6. The highest BCUT2D eigenvalue weighted by Gasteiger charge is 2.20. The molecule has 2 aromatic carbocycles. The maximum Gasteiger partial charge on any atom is 0.273 e. The Labute approximate surface area is 181 Å². The minimum atomic E-state index is -3.84. The molecule has 156 valence electrons. The van der Waals surface area contributed by atoms with Gasteiger partial charge in [0.15, 0.2) is 0 Å². The summed E-state index contributed by atoms with van der Waals surface area (Å²) in [4.78, 5) is 25.0. The lowest BCUT2D eigenvalue weighted by Gasteiger charge is -2.13. The number of thiophene rings is 1. The van der Waals surface area contributed by atoms with Crippen LogP contribution in [0.1, 0.15) is 20.7 Å². The summed E-state index contributed by atoms with van der Waals surface area (Å²) >= 11 is 6.96. The van der Waals surface area contributed by atoms with Crippen LogP contribution in [-0.2, 0) is 10.0 Å². The Morgan fingerprint density at radius 1 is 0.967 bits per heavy atom. The van der Waals surface area contributed by atoms with Gasteiger partial charge in [-0.15, -0.1) is 11.3 Å². The lowest BCUT2D eigenvalue weighted by atomic mass is 10.2. The molecule has 3 aromatic rings. The molecule has 3 rings (SSSR count). The van der Waals surface area contributed by atoms with Crippen molar-refractivity contribution in [1.82, 2.24) is 10.9 Å². The third kappa shape index (κ3) is 4.90. The molecule has 0 bridgehead atoms. The van der Waals surface area contributed by atoms with E-state index in [0.717, 1.165) is 11.3 Å². The van der Waals surface area contributed by atoms with Crippen LogP contribution in [0.2, 0.25) is 5.02 Å². The Balaban J connectivity index is 1.75. The number of methoxy groups -OCH3 is 1. The molecule has 0 aliphatic heterocycles. The number of carbonyl (C=O) groups is 2. The molecule has 0 aliphatic carbocycles. The van der Waals surface area contributed by atoms with E-state index in [4.69, 9.17) is 16.3 Å². The second kappa shape index (κ2) is 9.16. The first-order valence-corrected chi connectivity index (χ1v) is 11.2. The average molecular weight is 466 g/mol. The Kier molecular flexibility index (Phi) is 6.60. The number of hydrogen-bond acceptors (Lipinski definition) is 6. The summed E-state index contributed by atoms with van der Waals surface area (Å²) in [5.41, 5.74) is 4.74. The number of hydrazine groups is 1. The first-order valence-electron chi connectivity index (χ1n) is 8.41. The van der Waals surface area contributed by atoms with Gasteiger partial charge in [0.1, 0.15) is 9.96 Å². The van der Waals surface area contributed by atoms with Gasteiger partial charge in [-0.05, 0) is 41.8 Å². The number of para-hydroxylation sites is 1. The first-order chi connectivity index (χ1) is 14.3. The number of rotatable bonds is 6. The quantitative estimate of drug-likeness (QED) is 0.483. The van der Waals surface area contributed by atoms with Gasteiger partial charge in [-0.1, -0.05) is 29.8 Å². The van der Waals surface area contributed by atoms with Gasteiger partial charge in [0, 0.05) is 5.02 Å². The molecule has 0 spiro atoms. The van der Waals surface area contributed by atoms with E-state index in [1.54, 1.807) is 29.6 Å². The summed E-state index contributed by atoms with van der Waals surface area (Å²) in [6.45, 7) is 0. The third-order valence-corrected chi connectivity index (χ3v) is 6.87. The lowest BCUT2D eigenvalue weighted by molar-refractivity contribution is 0.0845. The van der Waals surface area contributed by atoms with Crippen molar-refractivity contribution in [1.29, 1.82) is 0 Å². The molecular weight excluding hydrogens is 450 g/mol. The van der Waals surface area contributed by atoms with Crippen molar-refractivity contribution in [2.24, 2.45) is 0 Å². The molecule has 1 aromatic heterocycles. The van der Waals surface area contributed by atoms with Crippen molar-refractivity contribution < 1.29 is 22.7 Å². The number of hydrogen-bond donors (Lipinski definition) is 3. The standard InChI is InChI=1S/C19H16ClN3O5S2/c1-28-16-9-8-12(20)11-14(16)19(25)22-21-18(24)13-5-2-3-6-15(13)23-30(26,27)17-7-4-10-29-17/h2-11,23H,1H3,(H,21,24)(H,22,25). The molecule has 1 heterocycles.